The van der Waals surface area contributed by atoms with Crippen LogP contribution in [0.1, 0.15) is 32.1 Å². The van der Waals surface area contributed by atoms with Crippen molar-refractivity contribution in [2.45, 2.75) is 32.1 Å². The van der Waals surface area contributed by atoms with Gasteiger partial charge in [-0.05, 0) is 55.9 Å². The summed E-state index contributed by atoms with van der Waals surface area (Å²) in [6, 6.07) is 5.66. The summed E-state index contributed by atoms with van der Waals surface area (Å²) in [4.78, 5) is 27.6. The van der Waals surface area contributed by atoms with Crippen LogP contribution in [0.25, 0.3) is 0 Å². The zero-order valence-corrected chi connectivity index (χ0v) is 13.8. The molecular weight excluding hydrogens is 309 g/mol. The van der Waals surface area contributed by atoms with Crippen LogP contribution < -0.4 is 5.32 Å². The number of likely N-dealkylation sites (tertiary alicyclic amines) is 2. The van der Waals surface area contributed by atoms with Crippen molar-refractivity contribution in [2.24, 2.45) is 5.92 Å². The number of benzene rings is 1. The minimum absolute atomic E-state index is 0.130. The molecule has 0 aliphatic carbocycles. The molecule has 24 heavy (non-hydrogen) atoms. The number of nitrogens with one attached hydrogen (secondary N) is 1. The predicted octanol–water partition coefficient (Wildman–Crippen LogP) is 3.08. The van der Waals surface area contributed by atoms with Crippen LogP contribution in [0.2, 0.25) is 0 Å². The zero-order chi connectivity index (χ0) is 16.9. The SMILES string of the molecule is O=C1CCCN1CCC1CCN(C(=O)Nc2ccc(F)cc2)CC1. The Bertz CT molecular complexity index is 582. The van der Waals surface area contributed by atoms with E-state index in [2.05, 4.69) is 5.32 Å². The first-order chi connectivity index (χ1) is 11.6. The van der Waals surface area contributed by atoms with Gasteiger partial charge in [0.1, 0.15) is 5.82 Å². The summed E-state index contributed by atoms with van der Waals surface area (Å²) in [5.41, 5.74) is 0.607. The summed E-state index contributed by atoms with van der Waals surface area (Å²) in [5.74, 6) is 0.546. The van der Waals surface area contributed by atoms with E-state index in [9.17, 15) is 14.0 Å². The van der Waals surface area contributed by atoms with Gasteiger partial charge in [0.25, 0.3) is 0 Å². The standard InChI is InChI=1S/C18H24FN3O2/c19-15-3-5-16(6-4-15)20-18(24)22-12-8-14(9-13-22)7-11-21-10-1-2-17(21)23/h3-6,14H,1-2,7-13H2,(H,20,24). The number of hydrogen-bond donors (Lipinski definition) is 1. The highest BCUT2D eigenvalue weighted by Gasteiger charge is 2.25. The average molecular weight is 333 g/mol. The lowest BCUT2D eigenvalue weighted by Crippen LogP contribution is -2.41. The fraction of sp³-hybridized carbons (Fsp3) is 0.556. The van der Waals surface area contributed by atoms with Gasteiger partial charge in [-0.15, -0.1) is 0 Å². The van der Waals surface area contributed by atoms with E-state index in [1.165, 1.54) is 12.1 Å². The number of halogens is 1. The average Bonchev–Trinajstić information content (AvgIpc) is 3.00. The topological polar surface area (TPSA) is 52.7 Å². The van der Waals surface area contributed by atoms with Crippen LogP contribution in [0.15, 0.2) is 24.3 Å². The van der Waals surface area contributed by atoms with Crippen LogP contribution in [0.5, 0.6) is 0 Å². The van der Waals surface area contributed by atoms with Crippen molar-refractivity contribution >= 4 is 17.6 Å². The van der Waals surface area contributed by atoms with Crippen LogP contribution in [-0.2, 0) is 4.79 Å². The molecule has 0 spiro atoms. The lowest BCUT2D eigenvalue weighted by molar-refractivity contribution is -0.127. The van der Waals surface area contributed by atoms with Gasteiger partial charge in [-0.25, -0.2) is 9.18 Å². The van der Waals surface area contributed by atoms with Gasteiger partial charge in [-0.2, -0.15) is 0 Å². The molecule has 130 valence electrons. The first-order valence-corrected chi connectivity index (χ1v) is 8.71. The summed E-state index contributed by atoms with van der Waals surface area (Å²) in [5, 5.41) is 2.80. The Morgan fingerprint density at radius 2 is 1.88 bits per heavy atom. The molecule has 0 atom stereocenters. The molecule has 2 fully saturated rings. The van der Waals surface area contributed by atoms with E-state index in [1.54, 1.807) is 17.0 Å². The van der Waals surface area contributed by atoms with Gasteiger partial charge in [-0.3, -0.25) is 4.79 Å². The van der Waals surface area contributed by atoms with Crippen molar-refractivity contribution in [3.8, 4) is 0 Å². The molecule has 1 aromatic rings. The highest BCUT2D eigenvalue weighted by Crippen LogP contribution is 2.23. The first-order valence-electron chi connectivity index (χ1n) is 8.71. The molecule has 2 saturated heterocycles. The highest BCUT2D eigenvalue weighted by atomic mass is 19.1. The smallest absolute Gasteiger partial charge is 0.321 e. The minimum atomic E-state index is -0.315. The molecule has 0 radical (unpaired) electrons. The largest absolute Gasteiger partial charge is 0.343 e. The molecule has 0 bridgehead atoms. The zero-order valence-electron chi connectivity index (χ0n) is 13.8. The molecule has 5 nitrogen and oxygen atoms in total. The van der Waals surface area contributed by atoms with Crippen LogP contribution >= 0.6 is 0 Å². The second-order valence-electron chi connectivity index (χ2n) is 6.64. The van der Waals surface area contributed by atoms with Crippen LogP contribution in [0.3, 0.4) is 0 Å². The second kappa shape index (κ2) is 7.64. The quantitative estimate of drug-likeness (QED) is 0.920. The van der Waals surface area contributed by atoms with Crippen LogP contribution in [0.4, 0.5) is 14.9 Å². The van der Waals surface area contributed by atoms with E-state index >= 15 is 0 Å². The fourth-order valence-electron chi connectivity index (χ4n) is 3.44. The number of anilines is 1. The molecular formula is C18H24FN3O2. The van der Waals surface area contributed by atoms with E-state index < -0.39 is 0 Å². The molecule has 0 aromatic heterocycles. The Labute approximate surface area is 141 Å². The normalized spacial score (nSPS) is 19.0. The van der Waals surface area contributed by atoms with Crippen molar-refractivity contribution in [3.63, 3.8) is 0 Å². The lowest BCUT2D eigenvalue weighted by Gasteiger charge is -2.32. The van der Waals surface area contributed by atoms with Crippen molar-refractivity contribution in [3.05, 3.63) is 30.1 Å². The summed E-state index contributed by atoms with van der Waals surface area (Å²) in [6.07, 6.45) is 4.65. The summed E-state index contributed by atoms with van der Waals surface area (Å²) in [7, 11) is 0. The molecule has 0 unspecified atom stereocenters. The van der Waals surface area contributed by atoms with Gasteiger partial charge >= 0.3 is 6.03 Å². The van der Waals surface area contributed by atoms with E-state index in [0.717, 1.165) is 51.9 Å². The molecule has 3 amide bonds. The van der Waals surface area contributed by atoms with Crippen LogP contribution in [-0.4, -0.2) is 47.9 Å². The third-order valence-electron chi connectivity index (χ3n) is 4.98. The Balaban J connectivity index is 1.40. The Morgan fingerprint density at radius 1 is 1.17 bits per heavy atom. The van der Waals surface area contributed by atoms with Crippen LogP contribution in [0, 0.1) is 11.7 Å². The van der Waals surface area contributed by atoms with Gasteiger partial charge in [0.15, 0.2) is 0 Å². The van der Waals surface area contributed by atoms with Gasteiger partial charge in [-0.1, -0.05) is 0 Å². The number of piperidine rings is 1. The van der Waals surface area contributed by atoms with Crippen molar-refractivity contribution in [1.29, 1.82) is 0 Å². The highest BCUT2D eigenvalue weighted by molar-refractivity contribution is 5.89. The maximum absolute atomic E-state index is 12.9. The van der Waals surface area contributed by atoms with Crippen molar-refractivity contribution in [2.75, 3.05) is 31.5 Å². The maximum atomic E-state index is 12.9. The summed E-state index contributed by atoms with van der Waals surface area (Å²) < 4.78 is 12.9. The molecule has 6 heteroatoms. The maximum Gasteiger partial charge on any atom is 0.321 e. The molecule has 3 rings (SSSR count). The minimum Gasteiger partial charge on any atom is -0.343 e. The third kappa shape index (κ3) is 4.24. The Hall–Kier alpha value is -2.11. The van der Waals surface area contributed by atoms with Gasteiger partial charge in [0.2, 0.25) is 5.91 Å². The van der Waals surface area contributed by atoms with E-state index in [1.807, 2.05) is 4.90 Å². The van der Waals surface area contributed by atoms with E-state index in [4.69, 9.17) is 0 Å². The first kappa shape index (κ1) is 16.7. The Kier molecular flexibility index (Phi) is 5.33. The number of hydrogen-bond acceptors (Lipinski definition) is 2. The van der Waals surface area contributed by atoms with Gasteiger partial charge in [0, 0.05) is 38.3 Å². The van der Waals surface area contributed by atoms with Gasteiger partial charge < -0.3 is 15.1 Å². The molecule has 1 N–H and O–H groups in total. The molecule has 2 aliphatic heterocycles. The second-order valence-corrected chi connectivity index (χ2v) is 6.64. The molecule has 0 saturated carbocycles. The number of carbonyl (C=O) groups excluding carboxylic acids is 2. The number of amides is 3. The molecule has 2 heterocycles. The number of carbonyl (C=O) groups is 2. The van der Waals surface area contributed by atoms with Crippen molar-refractivity contribution < 1.29 is 14.0 Å². The molecule has 2 aliphatic rings. The van der Waals surface area contributed by atoms with Gasteiger partial charge in [0.05, 0.1) is 0 Å². The number of urea groups is 1. The third-order valence-corrected chi connectivity index (χ3v) is 4.98. The summed E-state index contributed by atoms with van der Waals surface area (Å²) >= 11 is 0. The molecule has 1 aromatic carbocycles. The van der Waals surface area contributed by atoms with E-state index in [-0.39, 0.29) is 17.8 Å². The Morgan fingerprint density at radius 3 is 2.50 bits per heavy atom. The number of nitrogens with zero attached hydrogens (tertiary/aromatic N) is 2. The van der Waals surface area contributed by atoms with E-state index in [0.29, 0.717) is 18.0 Å². The fourth-order valence-corrected chi connectivity index (χ4v) is 3.44. The van der Waals surface area contributed by atoms with Crippen molar-refractivity contribution in [1.82, 2.24) is 9.80 Å². The summed E-state index contributed by atoms with van der Waals surface area (Å²) in [6.45, 7) is 3.21. The number of rotatable bonds is 4. The lowest BCUT2D eigenvalue weighted by atomic mass is 9.93. The predicted molar refractivity (Wildman–Crippen MR) is 90.1 cm³/mol. The monoisotopic (exact) mass is 333 g/mol.